The maximum atomic E-state index is 12.1. The summed E-state index contributed by atoms with van der Waals surface area (Å²) in [7, 11) is 1.53. The normalized spacial score (nSPS) is 11.1. The lowest BCUT2D eigenvalue weighted by Gasteiger charge is -2.21. The van der Waals surface area contributed by atoms with E-state index in [9.17, 15) is 9.59 Å². The van der Waals surface area contributed by atoms with E-state index in [1.165, 1.54) is 7.11 Å². The number of anilines is 1. The topological polar surface area (TPSA) is 154 Å². The minimum atomic E-state index is -0.475. The van der Waals surface area contributed by atoms with Crippen molar-refractivity contribution in [1.29, 1.82) is 0 Å². The number of nitrogens with two attached hydrogens (primary N) is 1. The highest BCUT2D eigenvalue weighted by molar-refractivity contribution is 9.10. The minimum absolute atomic E-state index is 0.0558. The third-order valence-corrected chi connectivity index (χ3v) is 4.61. The fourth-order valence-electron chi connectivity index (χ4n) is 2.57. The van der Waals surface area contributed by atoms with E-state index in [0.29, 0.717) is 31.1 Å². The van der Waals surface area contributed by atoms with Gasteiger partial charge in [-0.3, -0.25) is 9.59 Å². The Hall–Kier alpha value is -2.86. The fraction of sp³-hybridized carbons (Fsp3) is 0.474. The van der Waals surface area contributed by atoms with Crippen LogP contribution in [0.25, 0.3) is 0 Å². The second-order valence-corrected chi connectivity index (χ2v) is 8.43. The Bertz CT molecular complexity index is 912. The molecule has 0 spiro atoms. The van der Waals surface area contributed by atoms with Crippen LogP contribution in [0.2, 0.25) is 0 Å². The molecule has 0 aliphatic rings. The van der Waals surface area contributed by atoms with Crippen LogP contribution in [0.5, 0.6) is 11.5 Å². The Balaban J connectivity index is 1.94. The molecule has 170 valence electrons. The number of benzene rings is 1. The van der Waals surface area contributed by atoms with E-state index in [2.05, 4.69) is 46.8 Å². The van der Waals surface area contributed by atoms with Crippen LogP contribution in [0.1, 0.15) is 36.8 Å². The van der Waals surface area contributed by atoms with Gasteiger partial charge in [0.2, 0.25) is 11.5 Å². The van der Waals surface area contributed by atoms with Crippen molar-refractivity contribution in [2.24, 2.45) is 0 Å². The monoisotopic (exact) mass is 498 g/mol. The van der Waals surface area contributed by atoms with Gasteiger partial charge in [-0.05, 0) is 43.2 Å². The molecule has 0 saturated heterocycles. The lowest BCUT2D eigenvalue weighted by atomic mass is 10.1. The molecule has 0 aliphatic carbocycles. The van der Waals surface area contributed by atoms with Gasteiger partial charge in [-0.2, -0.15) is 0 Å². The highest BCUT2D eigenvalue weighted by Crippen LogP contribution is 2.36. The first-order chi connectivity index (χ1) is 14.6. The van der Waals surface area contributed by atoms with Crippen LogP contribution in [0, 0.1) is 0 Å². The maximum absolute atomic E-state index is 12.1. The van der Waals surface area contributed by atoms with E-state index in [1.54, 1.807) is 6.07 Å². The average molecular weight is 499 g/mol. The molecule has 31 heavy (non-hydrogen) atoms. The molecule has 12 heteroatoms. The number of hydrogen-bond acceptors (Lipinski definition) is 9. The Kier molecular flexibility index (Phi) is 8.63. The van der Waals surface area contributed by atoms with Gasteiger partial charge in [-0.25, -0.2) is 4.63 Å². The molecule has 2 aromatic rings. The SMILES string of the molecule is COc1ccc(Br)c(CNCCNC(=O)c2nonc2N)c1OCC(=O)NC(C)(C)C. The van der Waals surface area contributed by atoms with Gasteiger partial charge in [0.05, 0.1) is 7.11 Å². The first kappa shape index (κ1) is 24.4. The standard InChI is InChI=1S/C19H27BrN6O5/c1-19(2,3)24-14(27)10-30-16-11(12(20)5-6-13(16)29-4)9-22-7-8-23-18(28)15-17(21)26-31-25-15/h5-6,22H,7-10H2,1-4H3,(H2,21,26)(H,23,28)(H,24,27). The summed E-state index contributed by atoms with van der Waals surface area (Å²) >= 11 is 3.51. The van der Waals surface area contributed by atoms with Crippen molar-refractivity contribution in [1.82, 2.24) is 26.3 Å². The molecule has 0 bridgehead atoms. The van der Waals surface area contributed by atoms with Crippen LogP contribution in [-0.4, -0.2) is 54.5 Å². The molecule has 2 amide bonds. The Morgan fingerprint density at radius 1 is 1.23 bits per heavy atom. The largest absolute Gasteiger partial charge is 0.493 e. The smallest absolute Gasteiger partial charge is 0.277 e. The molecule has 0 unspecified atom stereocenters. The zero-order valence-corrected chi connectivity index (χ0v) is 19.5. The van der Waals surface area contributed by atoms with Crippen LogP contribution in [0.15, 0.2) is 21.2 Å². The molecular formula is C19H27BrN6O5. The molecule has 0 fully saturated rings. The van der Waals surface area contributed by atoms with Crippen molar-refractivity contribution in [3.63, 3.8) is 0 Å². The van der Waals surface area contributed by atoms with Crippen LogP contribution in [0.3, 0.4) is 0 Å². The predicted molar refractivity (Wildman–Crippen MR) is 117 cm³/mol. The second kappa shape index (κ2) is 11.0. The van der Waals surface area contributed by atoms with Crippen molar-refractivity contribution in [3.05, 3.63) is 27.9 Å². The molecule has 1 heterocycles. The number of carbonyl (C=O) groups is 2. The molecule has 0 aliphatic heterocycles. The number of amides is 2. The van der Waals surface area contributed by atoms with Gasteiger partial charge in [0.1, 0.15) is 0 Å². The molecular weight excluding hydrogens is 472 g/mol. The van der Waals surface area contributed by atoms with Gasteiger partial charge in [0, 0.05) is 35.2 Å². The van der Waals surface area contributed by atoms with Gasteiger partial charge >= 0.3 is 0 Å². The Labute approximate surface area is 188 Å². The lowest BCUT2D eigenvalue weighted by Crippen LogP contribution is -2.43. The summed E-state index contributed by atoms with van der Waals surface area (Å²) < 4.78 is 16.4. The highest BCUT2D eigenvalue weighted by Gasteiger charge is 2.19. The number of nitrogen functional groups attached to an aromatic ring is 1. The number of nitrogens with zero attached hydrogens (tertiary/aromatic N) is 2. The van der Waals surface area contributed by atoms with Crippen molar-refractivity contribution in [2.45, 2.75) is 32.9 Å². The number of nitrogens with one attached hydrogen (secondary N) is 3. The summed E-state index contributed by atoms with van der Waals surface area (Å²) in [5.41, 5.74) is 5.85. The first-order valence-electron chi connectivity index (χ1n) is 9.48. The summed E-state index contributed by atoms with van der Waals surface area (Å²) in [6.07, 6.45) is 0. The van der Waals surface area contributed by atoms with E-state index in [4.69, 9.17) is 15.2 Å². The lowest BCUT2D eigenvalue weighted by molar-refractivity contribution is -0.124. The van der Waals surface area contributed by atoms with Gasteiger partial charge < -0.3 is 31.2 Å². The van der Waals surface area contributed by atoms with Crippen molar-refractivity contribution < 1.29 is 23.7 Å². The quantitative estimate of drug-likeness (QED) is 0.354. The summed E-state index contributed by atoms with van der Waals surface area (Å²) in [6, 6.07) is 3.58. The van der Waals surface area contributed by atoms with Crippen molar-refractivity contribution in [2.75, 3.05) is 32.5 Å². The summed E-state index contributed by atoms with van der Waals surface area (Å²) in [5.74, 6) is 0.183. The zero-order chi connectivity index (χ0) is 23.0. The van der Waals surface area contributed by atoms with E-state index in [1.807, 2.05) is 26.8 Å². The minimum Gasteiger partial charge on any atom is -0.493 e. The van der Waals surface area contributed by atoms with Crippen LogP contribution < -0.4 is 31.2 Å². The molecule has 1 aromatic carbocycles. The van der Waals surface area contributed by atoms with Gasteiger partial charge in [-0.1, -0.05) is 15.9 Å². The molecule has 5 N–H and O–H groups in total. The number of hydrogen-bond donors (Lipinski definition) is 4. The first-order valence-corrected chi connectivity index (χ1v) is 10.3. The fourth-order valence-corrected chi connectivity index (χ4v) is 3.02. The Morgan fingerprint density at radius 3 is 2.58 bits per heavy atom. The Morgan fingerprint density at radius 2 is 1.97 bits per heavy atom. The molecule has 0 atom stereocenters. The van der Waals surface area contributed by atoms with Crippen molar-refractivity contribution in [3.8, 4) is 11.5 Å². The summed E-state index contributed by atoms with van der Waals surface area (Å²) in [6.45, 7) is 6.70. The van der Waals surface area contributed by atoms with Crippen LogP contribution >= 0.6 is 15.9 Å². The third-order valence-electron chi connectivity index (χ3n) is 3.87. The molecule has 0 saturated carbocycles. The second-order valence-electron chi connectivity index (χ2n) is 7.57. The van der Waals surface area contributed by atoms with E-state index in [-0.39, 0.29) is 29.6 Å². The van der Waals surface area contributed by atoms with E-state index >= 15 is 0 Å². The third kappa shape index (κ3) is 7.40. The average Bonchev–Trinajstić information content (AvgIpc) is 3.12. The number of ether oxygens (including phenoxy) is 2. The van der Waals surface area contributed by atoms with Crippen LogP contribution in [0.4, 0.5) is 5.82 Å². The molecule has 11 nitrogen and oxygen atoms in total. The summed E-state index contributed by atoms with van der Waals surface area (Å²) in [5, 5.41) is 15.5. The van der Waals surface area contributed by atoms with E-state index in [0.717, 1.165) is 10.0 Å². The maximum Gasteiger partial charge on any atom is 0.277 e. The molecule has 2 rings (SSSR count). The number of aromatic nitrogens is 2. The summed E-state index contributed by atoms with van der Waals surface area (Å²) in [4.78, 5) is 24.1. The van der Waals surface area contributed by atoms with Gasteiger partial charge in [0.15, 0.2) is 18.1 Å². The van der Waals surface area contributed by atoms with Crippen LogP contribution in [-0.2, 0) is 11.3 Å². The molecule has 0 radical (unpaired) electrons. The highest BCUT2D eigenvalue weighted by atomic mass is 79.9. The molecule has 1 aromatic heterocycles. The number of carbonyl (C=O) groups excluding carboxylic acids is 2. The zero-order valence-electron chi connectivity index (χ0n) is 17.9. The predicted octanol–water partition coefficient (Wildman–Crippen LogP) is 1.24. The number of halogens is 1. The van der Waals surface area contributed by atoms with Crippen molar-refractivity contribution >= 4 is 33.6 Å². The van der Waals surface area contributed by atoms with Gasteiger partial charge in [-0.15, -0.1) is 0 Å². The van der Waals surface area contributed by atoms with E-state index < -0.39 is 5.91 Å². The van der Waals surface area contributed by atoms with Gasteiger partial charge in [0.25, 0.3) is 11.8 Å². The number of rotatable bonds is 10. The number of methoxy groups -OCH3 is 1.